The first-order valence-electron chi connectivity index (χ1n) is 8.15. The number of rotatable bonds is 5. The number of nitrogens with one attached hydrogen (secondary N) is 1. The predicted octanol–water partition coefficient (Wildman–Crippen LogP) is 4.10. The van der Waals surface area contributed by atoms with Crippen molar-refractivity contribution in [1.29, 1.82) is 0 Å². The van der Waals surface area contributed by atoms with Gasteiger partial charge in [0.2, 0.25) is 5.13 Å². The van der Waals surface area contributed by atoms with Crippen molar-refractivity contribution in [2.24, 2.45) is 0 Å². The summed E-state index contributed by atoms with van der Waals surface area (Å²) in [7, 11) is 0. The van der Waals surface area contributed by atoms with Crippen molar-refractivity contribution < 1.29 is 9.53 Å². The summed E-state index contributed by atoms with van der Waals surface area (Å²) >= 11 is 3.03. The summed E-state index contributed by atoms with van der Waals surface area (Å²) in [6.07, 6.45) is 1.35. The third kappa shape index (κ3) is 3.84. The molecule has 3 aromatic rings. The van der Waals surface area contributed by atoms with E-state index in [1.807, 2.05) is 6.07 Å². The number of ether oxygens (including phenoxy) is 1. The molecule has 0 radical (unpaired) electrons. The summed E-state index contributed by atoms with van der Waals surface area (Å²) in [5, 5.41) is 14.1. The predicted molar refractivity (Wildman–Crippen MR) is 101 cm³/mol. The van der Waals surface area contributed by atoms with E-state index in [2.05, 4.69) is 51.9 Å². The highest BCUT2D eigenvalue weighted by atomic mass is 32.2. The highest BCUT2D eigenvalue weighted by Gasteiger charge is 2.24. The molecule has 1 aromatic heterocycles. The standard InChI is InChI=1S/C18H17N3O2S2/c22-16(15-9-4-10-23-15)19-17-20-21-18(25-17)24-11-13-7-3-6-12-5-1-2-8-14(12)13/h1-3,5-8,15H,4,9-11H2,(H,19,20,22). The van der Waals surface area contributed by atoms with E-state index in [4.69, 9.17) is 4.74 Å². The van der Waals surface area contributed by atoms with Crippen molar-refractivity contribution in [2.75, 3.05) is 11.9 Å². The van der Waals surface area contributed by atoms with Gasteiger partial charge >= 0.3 is 0 Å². The van der Waals surface area contributed by atoms with Gasteiger partial charge in [0.15, 0.2) is 4.34 Å². The summed E-state index contributed by atoms with van der Waals surface area (Å²) in [5.41, 5.74) is 1.27. The van der Waals surface area contributed by atoms with Crippen molar-refractivity contribution in [3.63, 3.8) is 0 Å². The Morgan fingerprint density at radius 2 is 2.12 bits per heavy atom. The fourth-order valence-electron chi connectivity index (χ4n) is 2.85. The number of benzene rings is 2. The maximum Gasteiger partial charge on any atom is 0.255 e. The number of nitrogens with zero attached hydrogens (tertiary/aromatic N) is 2. The number of hydrogen-bond acceptors (Lipinski definition) is 6. The minimum atomic E-state index is -0.351. The van der Waals surface area contributed by atoms with Crippen LogP contribution >= 0.6 is 23.1 Å². The van der Waals surface area contributed by atoms with E-state index in [1.54, 1.807) is 11.8 Å². The monoisotopic (exact) mass is 371 g/mol. The van der Waals surface area contributed by atoms with E-state index in [0.29, 0.717) is 11.7 Å². The van der Waals surface area contributed by atoms with Crippen LogP contribution in [0.25, 0.3) is 10.8 Å². The summed E-state index contributed by atoms with van der Waals surface area (Å²) in [4.78, 5) is 12.0. The smallest absolute Gasteiger partial charge is 0.255 e. The van der Waals surface area contributed by atoms with Crippen LogP contribution in [0.2, 0.25) is 0 Å². The summed E-state index contributed by atoms with van der Waals surface area (Å²) in [5.74, 6) is 0.689. The van der Waals surface area contributed by atoms with Crippen LogP contribution < -0.4 is 5.32 Å². The van der Waals surface area contributed by atoms with E-state index >= 15 is 0 Å². The van der Waals surface area contributed by atoms with Gasteiger partial charge in [-0.1, -0.05) is 65.6 Å². The lowest BCUT2D eigenvalue weighted by Gasteiger charge is -2.07. The zero-order valence-corrected chi connectivity index (χ0v) is 15.1. The molecule has 0 saturated carbocycles. The number of anilines is 1. The van der Waals surface area contributed by atoms with Gasteiger partial charge in [-0.15, -0.1) is 10.2 Å². The normalized spacial score (nSPS) is 17.0. The van der Waals surface area contributed by atoms with Crippen molar-refractivity contribution in [1.82, 2.24) is 10.2 Å². The Labute approximate surface area is 153 Å². The van der Waals surface area contributed by atoms with E-state index < -0.39 is 0 Å². The number of amides is 1. The lowest BCUT2D eigenvalue weighted by molar-refractivity contribution is -0.124. The molecule has 1 fully saturated rings. The average molecular weight is 371 g/mol. The van der Waals surface area contributed by atoms with Gasteiger partial charge in [0, 0.05) is 12.4 Å². The molecule has 7 heteroatoms. The van der Waals surface area contributed by atoms with Gasteiger partial charge in [0.1, 0.15) is 6.10 Å². The molecule has 0 aliphatic carbocycles. The highest BCUT2D eigenvalue weighted by molar-refractivity contribution is 8.00. The molecular weight excluding hydrogens is 354 g/mol. The van der Waals surface area contributed by atoms with Gasteiger partial charge in [-0.3, -0.25) is 10.1 Å². The number of fused-ring (bicyclic) bond motifs is 1. The molecule has 1 aliphatic heterocycles. The van der Waals surface area contributed by atoms with Crippen molar-refractivity contribution in [3.05, 3.63) is 48.0 Å². The molecule has 25 heavy (non-hydrogen) atoms. The van der Waals surface area contributed by atoms with Crippen LogP contribution in [-0.2, 0) is 15.3 Å². The Morgan fingerprint density at radius 3 is 3.00 bits per heavy atom. The molecule has 1 saturated heterocycles. The SMILES string of the molecule is O=C(Nc1nnc(SCc2cccc3ccccc23)s1)C1CCCO1. The first-order chi connectivity index (χ1) is 12.3. The molecule has 1 amide bonds. The largest absolute Gasteiger partial charge is 0.368 e. The molecule has 1 atom stereocenters. The van der Waals surface area contributed by atoms with Crippen molar-refractivity contribution in [3.8, 4) is 0 Å². The van der Waals surface area contributed by atoms with Crippen LogP contribution in [0.1, 0.15) is 18.4 Å². The summed E-state index contributed by atoms with van der Waals surface area (Å²) < 4.78 is 6.22. The second kappa shape index (κ2) is 7.51. The van der Waals surface area contributed by atoms with Gasteiger partial charge in [-0.2, -0.15) is 0 Å². The molecule has 0 spiro atoms. The third-order valence-electron chi connectivity index (χ3n) is 4.09. The lowest BCUT2D eigenvalue weighted by atomic mass is 10.1. The van der Waals surface area contributed by atoms with Crippen LogP contribution in [-0.4, -0.2) is 28.8 Å². The molecule has 0 bridgehead atoms. The number of aromatic nitrogens is 2. The average Bonchev–Trinajstić information content (AvgIpc) is 3.32. The molecule has 4 rings (SSSR count). The van der Waals surface area contributed by atoms with E-state index in [0.717, 1.165) is 22.9 Å². The highest BCUT2D eigenvalue weighted by Crippen LogP contribution is 2.31. The maximum absolute atomic E-state index is 12.0. The molecule has 1 unspecified atom stereocenters. The molecule has 128 valence electrons. The van der Waals surface area contributed by atoms with E-state index in [9.17, 15) is 4.79 Å². The van der Waals surface area contributed by atoms with Gasteiger partial charge in [-0.25, -0.2) is 0 Å². The molecule has 1 N–H and O–H groups in total. The first kappa shape index (κ1) is 16.5. The zero-order chi connectivity index (χ0) is 17.1. The van der Waals surface area contributed by atoms with Gasteiger partial charge in [0.05, 0.1) is 0 Å². The van der Waals surface area contributed by atoms with E-state index in [-0.39, 0.29) is 12.0 Å². The Balaban J connectivity index is 1.40. The molecular formula is C18H17N3O2S2. The third-order valence-corrected chi connectivity index (χ3v) is 6.11. The fourth-order valence-corrected chi connectivity index (χ4v) is 4.61. The molecule has 2 heterocycles. The Hall–Kier alpha value is -1.96. The van der Waals surface area contributed by atoms with Gasteiger partial charge < -0.3 is 4.74 Å². The second-order valence-electron chi connectivity index (χ2n) is 5.79. The zero-order valence-electron chi connectivity index (χ0n) is 13.5. The number of carbonyl (C=O) groups is 1. The molecule has 1 aliphatic rings. The lowest BCUT2D eigenvalue weighted by Crippen LogP contribution is -2.26. The maximum atomic E-state index is 12.0. The second-order valence-corrected chi connectivity index (χ2v) is 7.99. The Morgan fingerprint density at radius 1 is 1.24 bits per heavy atom. The summed E-state index contributed by atoms with van der Waals surface area (Å²) in [6.45, 7) is 0.653. The number of hydrogen-bond donors (Lipinski definition) is 1. The van der Waals surface area contributed by atoms with Crippen molar-refractivity contribution >= 4 is 44.9 Å². The topological polar surface area (TPSA) is 64.1 Å². The minimum Gasteiger partial charge on any atom is -0.368 e. The van der Waals surface area contributed by atoms with Crippen LogP contribution in [0.5, 0.6) is 0 Å². The molecule has 5 nitrogen and oxygen atoms in total. The number of thioether (sulfide) groups is 1. The van der Waals surface area contributed by atoms with Crippen LogP contribution in [0, 0.1) is 0 Å². The molecule has 2 aromatic carbocycles. The minimum absolute atomic E-state index is 0.126. The van der Waals surface area contributed by atoms with Crippen molar-refractivity contribution in [2.45, 2.75) is 29.0 Å². The Bertz CT molecular complexity index is 885. The Kier molecular flexibility index (Phi) is 4.96. The van der Waals surface area contributed by atoms with Crippen LogP contribution in [0.4, 0.5) is 5.13 Å². The summed E-state index contributed by atoms with van der Waals surface area (Å²) in [6, 6.07) is 14.7. The van der Waals surface area contributed by atoms with Gasteiger partial charge in [0.25, 0.3) is 5.91 Å². The van der Waals surface area contributed by atoms with Gasteiger partial charge in [-0.05, 0) is 29.2 Å². The van der Waals surface area contributed by atoms with E-state index in [1.165, 1.54) is 27.7 Å². The first-order valence-corrected chi connectivity index (χ1v) is 9.95. The number of carbonyl (C=O) groups excluding carboxylic acids is 1. The van der Waals surface area contributed by atoms with Crippen LogP contribution in [0.3, 0.4) is 0 Å². The van der Waals surface area contributed by atoms with Crippen LogP contribution in [0.15, 0.2) is 46.8 Å². The quantitative estimate of drug-likeness (QED) is 0.540. The fraction of sp³-hybridized carbons (Fsp3) is 0.278.